The monoisotopic (exact) mass is 766 g/mol. The number of hydrogen-bond acceptors (Lipinski definition) is 6. The lowest BCUT2D eigenvalue weighted by molar-refractivity contribution is -0.122. The summed E-state index contributed by atoms with van der Waals surface area (Å²) in [5, 5.41) is 13.8. The molecule has 0 radical (unpaired) electrons. The number of aromatic hydroxyl groups is 1. The zero-order valence-corrected chi connectivity index (χ0v) is 29.7. The Labute approximate surface area is 300 Å². The second kappa shape index (κ2) is 14.2. The number of carbonyl (C=O) groups excluding carboxylic acids is 2. The molecule has 0 aromatic heterocycles. The lowest BCUT2D eigenvalue weighted by Crippen LogP contribution is -2.34. The minimum atomic E-state index is -0.416. The fraction of sp³-hybridized carbons (Fsp3) is 0.268. The van der Waals surface area contributed by atoms with E-state index in [1.165, 1.54) is 16.0 Å². The number of rotatable bonds is 10. The highest BCUT2D eigenvalue weighted by Crippen LogP contribution is 2.51. The number of amides is 2. The Hall–Kier alpha value is -4.41. The molecule has 4 atom stereocenters. The van der Waals surface area contributed by atoms with E-state index in [0.717, 1.165) is 50.9 Å². The third kappa shape index (κ3) is 6.51. The van der Waals surface area contributed by atoms with Crippen molar-refractivity contribution in [2.24, 2.45) is 17.8 Å². The van der Waals surface area contributed by atoms with Gasteiger partial charge in [0.15, 0.2) is 11.5 Å². The second-order valence-corrected chi connectivity index (χ2v) is 14.0. The Balaban J connectivity index is 1.11. The van der Waals surface area contributed by atoms with E-state index in [0.29, 0.717) is 24.5 Å². The number of para-hydroxylation sites is 1. The van der Waals surface area contributed by atoms with Crippen molar-refractivity contribution in [3.63, 3.8) is 0 Å². The maximum atomic E-state index is 14.1. The van der Waals surface area contributed by atoms with Crippen LogP contribution in [0.15, 0.2) is 108 Å². The third-order valence-electron chi connectivity index (χ3n) is 10.1. The van der Waals surface area contributed by atoms with E-state index in [9.17, 15) is 14.7 Å². The van der Waals surface area contributed by atoms with E-state index in [-0.39, 0.29) is 35.5 Å². The van der Waals surface area contributed by atoms with Crippen LogP contribution >= 0.6 is 22.6 Å². The number of anilines is 3. The first kappa shape index (κ1) is 33.1. The van der Waals surface area contributed by atoms with Crippen molar-refractivity contribution < 1.29 is 24.2 Å². The van der Waals surface area contributed by atoms with Crippen molar-refractivity contribution in [1.29, 1.82) is 0 Å². The predicted molar refractivity (Wildman–Crippen MR) is 202 cm³/mol. The maximum Gasteiger partial charge on any atom is 0.238 e. The largest absolute Gasteiger partial charge is 0.504 e. The number of nitrogens with zero attached hydrogens (tertiary/aromatic N) is 1. The molecule has 2 saturated heterocycles. The molecule has 7 nitrogen and oxygen atoms in total. The smallest absolute Gasteiger partial charge is 0.238 e. The van der Waals surface area contributed by atoms with Gasteiger partial charge in [-0.25, -0.2) is 0 Å². The van der Waals surface area contributed by atoms with Crippen LogP contribution in [-0.4, -0.2) is 36.7 Å². The molecule has 49 heavy (non-hydrogen) atoms. The summed E-state index contributed by atoms with van der Waals surface area (Å²) in [7, 11) is 1.56. The number of benzene rings is 4. The summed E-state index contributed by atoms with van der Waals surface area (Å²) in [5.74, 6) is -0.551. The number of carbonyl (C=O) groups is 2. The SMILES string of the molecule is CCC1=C2[C@@H](CC/C(=C/c3cc(I)c(O)c(OC)c3)c3ccccc3)OC[C@@H]2[C@@H]2C(=O)N(c3ccc(Nc4ccccc4)cc3)C(=O)[C@@H]2C1. The van der Waals surface area contributed by atoms with Gasteiger partial charge in [-0.15, -0.1) is 0 Å². The molecule has 2 N–H and O–H groups in total. The van der Waals surface area contributed by atoms with Gasteiger partial charge in [0.1, 0.15) is 0 Å². The first-order valence-electron chi connectivity index (χ1n) is 16.8. The Bertz CT molecular complexity index is 1920. The zero-order chi connectivity index (χ0) is 34.1. The van der Waals surface area contributed by atoms with E-state index in [2.05, 4.69) is 53.0 Å². The molecular weight excluding hydrogens is 727 g/mol. The normalized spacial score (nSPS) is 21.9. The highest BCUT2D eigenvalue weighted by atomic mass is 127. The van der Waals surface area contributed by atoms with Crippen molar-refractivity contribution in [2.75, 3.05) is 23.9 Å². The first-order valence-corrected chi connectivity index (χ1v) is 17.9. The number of hydrogen-bond donors (Lipinski definition) is 2. The second-order valence-electron chi connectivity index (χ2n) is 12.9. The van der Waals surface area contributed by atoms with Crippen molar-refractivity contribution in [2.45, 2.75) is 38.7 Å². The summed E-state index contributed by atoms with van der Waals surface area (Å²) in [5.41, 5.74) is 8.14. The van der Waals surface area contributed by atoms with Crippen LogP contribution in [-0.2, 0) is 14.3 Å². The number of ether oxygens (including phenoxy) is 2. The van der Waals surface area contributed by atoms with Gasteiger partial charge in [0.2, 0.25) is 11.8 Å². The zero-order valence-electron chi connectivity index (χ0n) is 27.6. The molecule has 7 rings (SSSR count). The van der Waals surface area contributed by atoms with E-state index in [4.69, 9.17) is 9.47 Å². The number of phenolic OH excluding ortho intramolecular Hbond substituents is 1. The van der Waals surface area contributed by atoms with Crippen LogP contribution in [0.1, 0.15) is 43.7 Å². The lowest BCUT2D eigenvalue weighted by Gasteiger charge is -2.31. The number of allylic oxidation sites excluding steroid dienone is 2. The van der Waals surface area contributed by atoms with Crippen LogP contribution < -0.4 is 15.0 Å². The molecule has 0 saturated carbocycles. The molecule has 2 amide bonds. The number of nitrogens with one attached hydrogen (secondary N) is 1. The van der Waals surface area contributed by atoms with Crippen LogP contribution in [0.2, 0.25) is 0 Å². The number of halogens is 1. The fourth-order valence-electron chi connectivity index (χ4n) is 7.72. The van der Waals surface area contributed by atoms with Gasteiger partial charge in [-0.05, 0) is 119 Å². The third-order valence-corrected chi connectivity index (χ3v) is 10.9. The van der Waals surface area contributed by atoms with E-state index in [1.54, 1.807) is 7.11 Å². The van der Waals surface area contributed by atoms with Crippen LogP contribution in [0.5, 0.6) is 11.5 Å². The van der Waals surface area contributed by atoms with E-state index in [1.807, 2.05) is 84.9 Å². The topological polar surface area (TPSA) is 88.1 Å². The number of imide groups is 1. The number of phenols is 1. The van der Waals surface area contributed by atoms with E-state index >= 15 is 0 Å². The summed E-state index contributed by atoms with van der Waals surface area (Å²) in [6.07, 6.45) is 4.94. The highest BCUT2D eigenvalue weighted by molar-refractivity contribution is 14.1. The van der Waals surface area contributed by atoms with Gasteiger partial charge < -0.3 is 19.9 Å². The van der Waals surface area contributed by atoms with Gasteiger partial charge in [-0.3, -0.25) is 14.5 Å². The molecule has 0 bridgehead atoms. The fourth-order valence-corrected chi connectivity index (χ4v) is 8.35. The van der Waals surface area contributed by atoms with Gasteiger partial charge in [-0.1, -0.05) is 67.1 Å². The molecule has 3 aliphatic rings. The minimum Gasteiger partial charge on any atom is -0.504 e. The van der Waals surface area contributed by atoms with E-state index < -0.39 is 5.92 Å². The molecule has 2 aliphatic heterocycles. The standard InChI is InChI=1S/C41H39IN2O5/c1-3-26-23-32-38(41(47)44(40(32)46)31-17-15-30(16-18-31)43-29-12-8-5-9-13-29)33-24-49-35(37(26)33)19-14-28(27-10-6-4-7-11-27)20-25-21-34(42)39(45)36(22-25)48-2/h4-13,15-18,20-22,32-33,35,38,43,45H,3,14,19,23-24H2,1-2H3/b28-20-/t32-,33+,35-,38-/m1/s1. The molecular formula is C41H39IN2O5. The highest BCUT2D eigenvalue weighted by Gasteiger charge is 2.57. The predicted octanol–water partition coefficient (Wildman–Crippen LogP) is 9.00. The van der Waals surface area contributed by atoms with Crippen LogP contribution in [0, 0.1) is 21.3 Å². The summed E-state index contributed by atoms with van der Waals surface area (Å²) in [6.45, 7) is 2.58. The molecule has 0 spiro atoms. The Morgan fingerprint density at radius 2 is 1.65 bits per heavy atom. The van der Waals surface area contributed by atoms with Gasteiger partial charge in [-0.2, -0.15) is 0 Å². The van der Waals surface area contributed by atoms with Crippen molar-refractivity contribution in [1.82, 2.24) is 0 Å². The molecule has 4 aromatic rings. The number of methoxy groups -OCH3 is 1. The van der Waals surface area contributed by atoms with Crippen molar-refractivity contribution in [3.05, 3.63) is 123 Å². The lowest BCUT2D eigenvalue weighted by atomic mass is 9.69. The average molecular weight is 767 g/mol. The van der Waals surface area contributed by atoms with Crippen LogP contribution in [0.4, 0.5) is 17.1 Å². The Morgan fingerprint density at radius 3 is 2.35 bits per heavy atom. The van der Waals surface area contributed by atoms with Gasteiger partial charge in [0.05, 0.1) is 40.9 Å². The molecule has 2 heterocycles. The first-order chi connectivity index (χ1) is 23.9. The van der Waals surface area contributed by atoms with Crippen molar-refractivity contribution in [3.8, 4) is 11.5 Å². The van der Waals surface area contributed by atoms with Gasteiger partial charge in [0, 0.05) is 17.3 Å². The van der Waals surface area contributed by atoms with Crippen LogP contribution in [0.3, 0.4) is 0 Å². The maximum absolute atomic E-state index is 14.1. The van der Waals surface area contributed by atoms with Gasteiger partial charge >= 0.3 is 0 Å². The summed E-state index contributed by atoms with van der Waals surface area (Å²) < 4.78 is 12.7. The average Bonchev–Trinajstić information content (AvgIpc) is 3.66. The summed E-state index contributed by atoms with van der Waals surface area (Å²) >= 11 is 2.12. The Kier molecular flexibility index (Phi) is 9.60. The molecule has 1 aliphatic carbocycles. The Morgan fingerprint density at radius 1 is 0.959 bits per heavy atom. The van der Waals surface area contributed by atoms with Crippen molar-refractivity contribution >= 4 is 63.1 Å². The summed E-state index contributed by atoms with van der Waals surface area (Å²) in [6, 6.07) is 31.5. The quantitative estimate of drug-likeness (QED) is 0.0726. The molecule has 0 unspecified atom stereocenters. The number of fused-ring (bicyclic) bond motifs is 3. The molecule has 8 heteroatoms. The van der Waals surface area contributed by atoms with Crippen LogP contribution in [0.25, 0.3) is 11.6 Å². The van der Waals surface area contributed by atoms with Gasteiger partial charge in [0.25, 0.3) is 0 Å². The summed E-state index contributed by atoms with van der Waals surface area (Å²) in [4.78, 5) is 29.4. The molecule has 4 aromatic carbocycles. The minimum absolute atomic E-state index is 0.105. The molecule has 250 valence electrons. The molecule has 2 fully saturated rings.